The number of rotatable bonds is 26. The van der Waals surface area contributed by atoms with E-state index >= 15 is 0 Å². The van der Waals surface area contributed by atoms with E-state index in [1.54, 1.807) is 66.7 Å². The van der Waals surface area contributed by atoms with Gasteiger partial charge in [-0.2, -0.15) is 35.1 Å². The van der Waals surface area contributed by atoms with E-state index in [1.165, 1.54) is 52.8 Å². The standard InChI is InChI=1S/C28H32F3NO10.C26H25F5O11.C8H8F3N.CH4/c1-18(23(34)38-14-20-8-5-4-6-9-20)41-24(35)19(2)42-26(37)40-17-27(3,15-33)16-39-25(36)32-13-21-10-7-11-22(12-21)28(29,30)31;1-13(22(33)37-9-15-7-5-4-6-8-15)40-23(34)14(2)41-24(35)38-11-26(3,10-32)12-39-25(36)42-21-19(30)17(28)16(27)18(29)20(21)31;9-8(10,11)7-3-1-2-6(4-7)5-12;/h4-12,18-19,33H,13-17H2,1-3H3,(H,32,36);4-8,13-14,32H,9-12H2,1-3H3;1-4H,5,12H2;1H4. The maximum absolute atomic E-state index is 13.7. The van der Waals surface area contributed by atoms with Crippen molar-refractivity contribution in [1.82, 2.24) is 5.32 Å². The number of carbonyl (C=O) groups excluding carboxylic acids is 8. The quantitative estimate of drug-likeness (QED) is 0.00998. The number of aliphatic hydroxyl groups is 2. The van der Waals surface area contributed by atoms with E-state index in [0.29, 0.717) is 11.1 Å². The first-order chi connectivity index (χ1) is 44.9. The van der Waals surface area contributed by atoms with Crippen molar-refractivity contribution in [2.45, 2.75) is 112 Å². The zero-order valence-electron chi connectivity index (χ0n) is 51.7. The predicted molar refractivity (Wildman–Crippen MR) is 312 cm³/mol. The van der Waals surface area contributed by atoms with Crippen LogP contribution in [0.3, 0.4) is 0 Å². The average molecular weight is 1400 g/mol. The number of benzene rings is 5. The lowest BCUT2D eigenvalue weighted by Crippen LogP contribution is -2.38. The molecule has 0 bridgehead atoms. The van der Waals surface area contributed by atoms with Gasteiger partial charge in [-0.25, -0.2) is 51.5 Å². The largest absolute Gasteiger partial charge is 0.514 e. The molecule has 5 aromatic carbocycles. The Morgan fingerprint density at radius 2 is 0.784 bits per heavy atom. The van der Waals surface area contributed by atoms with E-state index in [9.17, 15) is 96.9 Å². The van der Waals surface area contributed by atoms with E-state index < -0.39 is 182 Å². The molecule has 0 saturated carbocycles. The van der Waals surface area contributed by atoms with Gasteiger partial charge in [0.2, 0.25) is 34.8 Å². The normalized spacial score (nSPS) is 13.4. The third-order valence-corrected chi connectivity index (χ3v) is 12.4. The Hall–Kier alpha value is -9.83. The Balaban J connectivity index is 0.000000557. The van der Waals surface area contributed by atoms with Crippen LogP contribution >= 0.6 is 0 Å². The SMILES string of the molecule is C.CC(OC(=O)OCC(C)(CO)COC(=O)NCc1cccc(C(F)(F)F)c1)C(=O)OC(C)C(=O)OCc1ccccc1.CC(OC(=O)OCC(C)(CO)COC(=O)Oc1c(F)c(F)c(F)c(F)c1F)C(=O)OC(C)C(=O)OCc1ccccc1.NCc1cccc(C(F)(F)F)c1. The zero-order valence-corrected chi connectivity index (χ0v) is 51.7. The monoisotopic (exact) mass is 1400 g/mol. The van der Waals surface area contributed by atoms with Crippen LogP contribution in [0.15, 0.2) is 109 Å². The molecule has 5 aromatic rings. The molecule has 0 spiro atoms. The number of alkyl halides is 6. The van der Waals surface area contributed by atoms with Crippen LogP contribution in [0, 0.1) is 39.9 Å². The molecule has 6 atom stereocenters. The summed E-state index contributed by atoms with van der Waals surface area (Å²) >= 11 is 0. The zero-order chi connectivity index (χ0) is 72.1. The molecule has 97 heavy (non-hydrogen) atoms. The number of alkyl carbamates (subject to hydrolysis) is 1. The molecule has 534 valence electrons. The number of nitrogens with one attached hydrogen (secondary N) is 1. The molecular weight excluding hydrogens is 1330 g/mol. The first-order valence-electron chi connectivity index (χ1n) is 27.9. The average Bonchev–Trinajstić information content (AvgIpc) is 0.802. The first kappa shape index (κ1) is 83.3. The van der Waals surface area contributed by atoms with Crippen molar-refractivity contribution in [2.24, 2.45) is 16.6 Å². The fourth-order valence-electron chi connectivity index (χ4n) is 6.73. The van der Waals surface area contributed by atoms with Gasteiger partial charge < -0.3 is 73.4 Å². The van der Waals surface area contributed by atoms with Crippen molar-refractivity contribution in [2.75, 3.05) is 39.6 Å². The lowest BCUT2D eigenvalue weighted by atomic mass is 9.94. The Labute approximate surface area is 547 Å². The maximum atomic E-state index is 13.7. The lowest BCUT2D eigenvalue weighted by molar-refractivity contribution is -0.172. The Morgan fingerprint density at radius 3 is 1.16 bits per heavy atom. The van der Waals surface area contributed by atoms with Crippen molar-refractivity contribution in [3.05, 3.63) is 172 Å². The van der Waals surface area contributed by atoms with Crippen LogP contribution in [-0.4, -0.2) is 123 Å². The fourth-order valence-corrected chi connectivity index (χ4v) is 6.73. The van der Waals surface area contributed by atoms with Crippen molar-refractivity contribution >= 4 is 48.4 Å². The minimum Gasteiger partial charge on any atom is -0.458 e. The van der Waals surface area contributed by atoms with Crippen molar-refractivity contribution in [3.8, 4) is 5.75 Å². The first-order valence-corrected chi connectivity index (χ1v) is 27.9. The van der Waals surface area contributed by atoms with Gasteiger partial charge in [-0.1, -0.05) is 112 Å². The molecule has 6 unspecified atom stereocenters. The summed E-state index contributed by atoms with van der Waals surface area (Å²) in [4.78, 5) is 96.4. The van der Waals surface area contributed by atoms with Crippen LogP contribution in [0.25, 0.3) is 0 Å². The van der Waals surface area contributed by atoms with Crippen LogP contribution in [0.2, 0.25) is 0 Å². The van der Waals surface area contributed by atoms with Crippen molar-refractivity contribution in [3.63, 3.8) is 0 Å². The summed E-state index contributed by atoms with van der Waals surface area (Å²) in [6.07, 6.45) is -20.1. The van der Waals surface area contributed by atoms with Crippen LogP contribution < -0.4 is 15.8 Å². The lowest BCUT2D eigenvalue weighted by Gasteiger charge is -2.26. The van der Waals surface area contributed by atoms with Crippen LogP contribution in [-0.2, 0) is 105 Å². The number of ether oxygens (including phenoxy) is 11. The molecule has 5 N–H and O–H groups in total. The van der Waals surface area contributed by atoms with Gasteiger partial charge in [0.1, 0.15) is 39.6 Å². The van der Waals surface area contributed by atoms with Gasteiger partial charge in [-0.3, -0.25) is 0 Å². The smallest absolute Gasteiger partial charge is 0.458 e. The Kier molecular flexibility index (Phi) is 33.7. The van der Waals surface area contributed by atoms with Crippen LogP contribution in [0.4, 0.5) is 67.5 Å². The molecule has 0 saturated heterocycles. The number of aliphatic hydroxyl groups excluding tert-OH is 2. The van der Waals surface area contributed by atoms with Gasteiger partial charge in [0, 0.05) is 13.1 Å². The number of carbonyl (C=O) groups is 8. The minimum absolute atomic E-state index is 0. The Bertz CT molecular complexity index is 3380. The molecule has 0 aliphatic rings. The van der Waals surface area contributed by atoms with E-state index in [1.807, 2.05) is 0 Å². The molecule has 1 amide bonds. The second kappa shape index (κ2) is 39.3. The van der Waals surface area contributed by atoms with E-state index in [-0.39, 0.29) is 39.3 Å². The van der Waals surface area contributed by atoms with Crippen molar-refractivity contribution in [1.29, 1.82) is 0 Å². The highest BCUT2D eigenvalue weighted by molar-refractivity contribution is 5.83. The molecule has 0 aromatic heterocycles. The molecule has 0 fully saturated rings. The third-order valence-electron chi connectivity index (χ3n) is 12.4. The molecule has 34 heteroatoms. The highest BCUT2D eigenvalue weighted by atomic mass is 19.4. The summed E-state index contributed by atoms with van der Waals surface area (Å²) in [5, 5.41) is 21.6. The molecule has 0 aliphatic heterocycles. The van der Waals surface area contributed by atoms with Gasteiger partial charge >= 0.3 is 60.8 Å². The number of amides is 1. The summed E-state index contributed by atoms with van der Waals surface area (Å²) in [6.45, 7) is 3.31. The minimum atomic E-state index is -4.53. The maximum Gasteiger partial charge on any atom is 0.514 e. The van der Waals surface area contributed by atoms with E-state index in [0.717, 1.165) is 36.8 Å². The summed E-state index contributed by atoms with van der Waals surface area (Å²) in [5.74, 6) is -17.8. The van der Waals surface area contributed by atoms with Gasteiger partial charge in [0.05, 0.1) is 35.2 Å². The fraction of sp³-hybridized carbons (Fsp3) is 0.397. The summed E-state index contributed by atoms with van der Waals surface area (Å²) < 4.78 is 194. The summed E-state index contributed by atoms with van der Waals surface area (Å²) in [5.41, 5.74) is 2.91. The molecule has 0 radical (unpaired) electrons. The second-order valence-electron chi connectivity index (χ2n) is 20.9. The number of hydrogen-bond acceptors (Lipinski definition) is 22. The van der Waals surface area contributed by atoms with Crippen molar-refractivity contribution < 1.29 is 149 Å². The molecule has 0 aliphatic carbocycles. The van der Waals surface area contributed by atoms with E-state index in [2.05, 4.69) is 14.8 Å². The van der Waals surface area contributed by atoms with Gasteiger partial charge in [0.25, 0.3) is 0 Å². The van der Waals surface area contributed by atoms with E-state index in [4.69, 9.17) is 48.4 Å². The number of hydrogen-bond donors (Lipinski definition) is 4. The number of esters is 4. The molecule has 5 rings (SSSR count). The summed E-state index contributed by atoms with van der Waals surface area (Å²) in [7, 11) is 0. The van der Waals surface area contributed by atoms with Crippen LogP contribution in [0.5, 0.6) is 5.75 Å². The molecular formula is C63H69F11N2O21. The predicted octanol–water partition coefficient (Wildman–Crippen LogP) is 11.1. The highest BCUT2D eigenvalue weighted by Gasteiger charge is 2.36. The van der Waals surface area contributed by atoms with Crippen LogP contribution in [0.1, 0.15) is 82.3 Å². The number of nitrogens with two attached hydrogens (primary N) is 1. The van der Waals surface area contributed by atoms with Gasteiger partial charge in [0.15, 0.2) is 24.4 Å². The molecule has 23 nitrogen and oxygen atoms in total. The molecule has 0 heterocycles. The summed E-state index contributed by atoms with van der Waals surface area (Å²) in [6, 6.07) is 26.9. The topological polar surface area (TPSA) is 317 Å². The second-order valence-corrected chi connectivity index (χ2v) is 20.9. The third kappa shape index (κ3) is 29.0. The Morgan fingerprint density at radius 1 is 0.443 bits per heavy atom. The van der Waals surface area contributed by atoms with Gasteiger partial charge in [-0.05, 0) is 68.1 Å². The van der Waals surface area contributed by atoms with Gasteiger partial charge in [-0.15, -0.1) is 0 Å². The highest BCUT2D eigenvalue weighted by Crippen LogP contribution is 2.32. The number of halogens is 11.